The number of nitrogens with zero attached hydrogens (tertiary/aromatic N) is 1. The number of aromatic nitrogens is 2. The first-order chi connectivity index (χ1) is 11.6. The molecule has 0 radical (unpaired) electrons. The zero-order valence-electron chi connectivity index (χ0n) is 13.0. The van der Waals surface area contributed by atoms with Crippen molar-refractivity contribution in [3.8, 4) is 0 Å². The van der Waals surface area contributed by atoms with Crippen LogP contribution in [-0.4, -0.2) is 16.2 Å². The quantitative estimate of drug-likeness (QED) is 0.737. The zero-order valence-corrected chi connectivity index (χ0v) is 13.7. The van der Waals surface area contributed by atoms with Gasteiger partial charge in [0, 0.05) is 16.0 Å². The maximum atomic E-state index is 12.2. The van der Waals surface area contributed by atoms with Crippen molar-refractivity contribution in [2.45, 2.75) is 19.4 Å². The van der Waals surface area contributed by atoms with Crippen molar-refractivity contribution in [1.29, 1.82) is 0 Å². The molecular formula is C18H15ClN2O3. The van der Waals surface area contributed by atoms with Crippen LogP contribution in [-0.2, 0) is 16.0 Å². The number of carbonyl (C=O) groups is 1. The third kappa shape index (κ3) is 3.31. The molecule has 0 spiro atoms. The van der Waals surface area contributed by atoms with Crippen LogP contribution in [0.25, 0.3) is 10.8 Å². The van der Waals surface area contributed by atoms with Gasteiger partial charge >= 0.3 is 5.97 Å². The average Bonchev–Trinajstić information content (AvgIpc) is 2.58. The Morgan fingerprint density at radius 1 is 1.17 bits per heavy atom. The molecule has 0 unspecified atom stereocenters. The van der Waals surface area contributed by atoms with Gasteiger partial charge in [-0.15, -0.1) is 0 Å². The lowest BCUT2D eigenvalue weighted by molar-refractivity contribution is -0.147. The number of fused-ring (bicyclic) bond motifs is 1. The summed E-state index contributed by atoms with van der Waals surface area (Å²) in [5.74, 6) is -0.438. The molecular weight excluding hydrogens is 328 g/mol. The molecule has 2 aromatic carbocycles. The van der Waals surface area contributed by atoms with E-state index < -0.39 is 12.1 Å². The van der Waals surface area contributed by atoms with Gasteiger partial charge in [0.2, 0.25) is 0 Å². The fourth-order valence-electron chi connectivity index (χ4n) is 2.55. The molecule has 122 valence electrons. The number of hydrogen-bond acceptors (Lipinski definition) is 4. The van der Waals surface area contributed by atoms with Crippen molar-refractivity contribution in [2.75, 3.05) is 0 Å². The van der Waals surface area contributed by atoms with Crippen molar-refractivity contribution < 1.29 is 9.53 Å². The Bertz CT molecular complexity index is 952. The Labute approximate surface area is 143 Å². The van der Waals surface area contributed by atoms with E-state index >= 15 is 0 Å². The molecule has 6 heteroatoms. The third-order valence-corrected chi connectivity index (χ3v) is 4.08. The monoisotopic (exact) mass is 342 g/mol. The summed E-state index contributed by atoms with van der Waals surface area (Å²) in [5, 5.41) is 8.07. The molecule has 0 amide bonds. The summed E-state index contributed by atoms with van der Waals surface area (Å²) in [5.41, 5.74) is 0.931. The zero-order chi connectivity index (χ0) is 17.1. The van der Waals surface area contributed by atoms with Crippen LogP contribution < -0.4 is 5.56 Å². The van der Waals surface area contributed by atoms with Gasteiger partial charge < -0.3 is 4.74 Å². The number of hydrogen-bond donors (Lipinski definition) is 1. The van der Waals surface area contributed by atoms with Crippen molar-refractivity contribution in [2.24, 2.45) is 0 Å². The van der Waals surface area contributed by atoms with E-state index in [0.717, 1.165) is 5.56 Å². The molecule has 1 heterocycles. The predicted octanol–water partition coefficient (Wildman–Crippen LogP) is 3.42. The molecule has 0 aliphatic rings. The van der Waals surface area contributed by atoms with Crippen LogP contribution in [0.5, 0.6) is 0 Å². The molecule has 1 N–H and O–H groups in total. The average molecular weight is 343 g/mol. The van der Waals surface area contributed by atoms with E-state index in [0.29, 0.717) is 21.5 Å². The van der Waals surface area contributed by atoms with Crippen LogP contribution in [0.2, 0.25) is 5.02 Å². The second-order valence-electron chi connectivity index (χ2n) is 5.38. The lowest BCUT2D eigenvalue weighted by Gasteiger charge is -2.15. The predicted molar refractivity (Wildman–Crippen MR) is 92.0 cm³/mol. The molecule has 0 fully saturated rings. The molecule has 0 saturated carbocycles. The maximum absolute atomic E-state index is 12.2. The topological polar surface area (TPSA) is 72.0 Å². The van der Waals surface area contributed by atoms with E-state index in [1.54, 1.807) is 37.3 Å². The molecule has 1 atom stereocenters. The van der Waals surface area contributed by atoms with Gasteiger partial charge in [0.05, 0.1) is 17.5 Å². The fourth-order valence-corrected chi connectivity index (χ4v) is 2.84. The number of benzene rings is 2. The number of esters is 1. The van der Waals surface area contributed by atoms with Gasteiger partial charge in [0.25, 0.3) is 5.56 Å². The highest BCUT2D eigenvalue weighted by Gasteiger charge is 2.17. The minimum Gasteiger partial charge on any atom is -0.457 e. The van der Waals surface area contributed by atoms with Gasteiger partial charge in [-0.25, -0.2) is 5.10 Å². The van der Waals surface area contributed by atoms with Crippen LogP contribution in [0.1, 0.15) is 24.3 Å². The maximum Gasteiger partial charge on any atom is 0.312 e. The Morgan fingerprint density at radius 3 is 2.58 bits per heavy atom. The van der Waals surface area contributed by atoms with E-state index in [-0.39, 0.29) is 12.0 Å². The normalized spacial score (nSPS) is 12.1. The van der Waals surface area contributed by atoms with Gasteiger partial charge in [0.15, 0.2) is 0 Å². The SMILES string of the molecule is C[C@@H](OC(=O)Cc1n[nH]c(=O)c2ccccc12)c1ccccc1Cl. The largest absolute Gasteiger partial charge is 0.457 e. The standard InChI is InChI=1S/C18H15ClN2O3/c1-11(12-6-4-5-9-15(12)19)24-17(22)10-16-13-7-2-3-8-14(13)18(23)21-20-16/h2-9,11H,10H2,1H3,(H,21,23)/t11-/m1/s1. The lowest BCUT2D eigenvalue weighted by Crippen LogP contribution is -2.16. The van der Waals surface area contributed by atoms with Crippen molar-refractivity contribution in [3.63, 3.8) is 0 Å². The summed E-state index contributed by atoms with van der Waals surface area (Å²) in [7, 11) is 0. The number of rotatable bonds is 4. The number of nitrogens with one attached hydrogen (secondary N) is 1. The van der Waals surface area contributed by atoms with Crippen LogP contribution in [0.4, 0.5) is 0 Å². The molecule has 0 bridgehead atoms. The van der Waals surface area contributed by atoms with Gasteiger partial charge in [-0.05, 0) is 19.1 Å². The highest BCUT2D eigenvalue weighted by atomic mass is 35.5. The van der Waals surface area contributed by atoms with E-state index in [9.17, 15) is 9.59 Å². The molecule has 0 aliphatic heterocycles. The highest BCUT2D eigenvalue weighted by molar-refractivity contribution is 6.31. The molecule has 3 aromatic rings. The summed E-state index contributed by atoms with van der Waals surface area (Å²) < 4.78 is 5.44. The Hall–Kier alpha value is -2.66. The Kier molecular flexibility index (Phi) is 4.62. The number of ether oxygens (including phenoxy) is 1. The smallest absolute Gasteiger partial charge is 0.312 e. The first kappa shape index (κ1) is 16.2. The summed E-state index contributed by atoms with van der Waals surface area (Å²) >= 11 is 6.11. The van der Waals surface area contributed by atoms with Crippen LogP contribution in [0.15, 0.2) is 53.3 Å². The number of H-pyrrole nitrogens is 1. The molecule has 24 heavy (non-hydrogen) atoms. The second-order valence-corrected chi connectivity index (χ2v) is 5.78. The van der Waals surface area contributed by atoms with Gasteiger partial charge in [0.1, 0.15) is 6.10 Å². The van der Waals surface area contributed by atoms with Gasteiger partial charge in [-0.2, -0.15) is 5.10 Å². The van der Waals surface area contributed by atoms with Crippen LogP contribution in [0.3, 0.4) is 0 Å². The van der Waals surface area contributed by atoms with Gasteiger partial charge in [-0.1, -0.05) is 48.0 Å². The first-order valence-electron chi connectivity index (χ1n) is 7.46. The molecule has 1 aromatic heterocycles. The van der Waals surface area contributed by atoms with Crippen molar-refractivity contribution >= 4 is 28.3 Å². The van der Waals surface area contributed by atoms with E-state index in [1.165, 1.54) is 0 Å². The minimum absolute atomic E-state index is 0.0356. The van der Waals surface area contributed by atoms with Gasteiger partial charge in [-0.3, -0.25) is 9.59 Å². The summed E-state index contributed by atoms with van der Waals surface area (Å²) in [6.45, 7) is 1.76. The molecule has 3 rings (SSSR count). The second kappa shape index (κ2) is 6.84. The fraction of sp³-hybridized carbons (Fsp3) is 0.167. The van der Waals surface area contributed by atoms with Crippen LogP contribution in [0, 0.1) is 0 Å². The van der Waals surface area contributed by atoms with E-state index in [4.69, 9.17) is 16.3 Å². The molecule has 0 aliphatic carbocycles. The van der Waals surface area contributed by atoms with E-state index in [1.807, 2.05) is 18.2 Å². The number of carbonyl (C=O) groups excluding carboxylic acids is 1. The van der Waals surface area contributed by atoms with Crippen molar-refractivity contribution in [1.82, 2.24) is 10.2 Å². The molecule has 0 saturated heterocycles. The Balaban J connectivity index is 1.80. The summed E-state index contributed by atoms with van der Waals surface area (Å²) in [6.07, 6.45) is -0.508. The Morgan fingerprint density at radius 2 is 1.83 bits per heavy atom. The number of halogens is 1. The minimum atomic E-state index is -0.472. The highest BCUT2D eigenvalue weighted by Crippen LogP contribution is 2.25. The summed E-state index contributed by atoms with van der Waals surface area (Å²) in [4.78, 5) is 24.0. The molecule has 5 nitrogen and oxygen atoms in total. The summed E-state index contributed by atoms with van der Waals surface area (Å²) in [6, 6.07) is 14.2. The van der Waals surface area contributed by atoms with E-state index in [2.05, 4.69) is 10.2 Å². The van der Waals surface area contributed by atoms with Crippen molar-refractivity contribution in [3.05, 3.63) is 75.2 Å². The van der Waals surface area contributed by atoms with Crippen LogP contribution >= 0.6 is 11.6 Å². The third-order valence-electron chi connectivity index (χ3n) is 3.74. The first-order valence-corrected chi connectivity index (χ1v) is 7.84. The lowest BCUT2D eigenvalue weighted by atomic mass is 10.1. The number of aromatic amines is 1.